The van der Waals surface area contributed by atoms with Crippen LogP contribution in [0.15, 0.2) is 24.3 Å². The number of benzene rings is 1. The maximum Gasteiger partial charge on any atom is 0.274 e. The normalized spacial score (nSPS) is 16.8. The summed E-state index contributed by atoms with van der Waals surface area (Å²) in [5, 5.41) is 0.794. The molecular formula is C16H17N3O3S. The van der Waals surface area contributed by atoms with Gasteiger partial charge in [-0.3, -0.25) is 9.59 Å². The zero-order valence-corrected chi connectivity index (χ0v) is 13.7. The summed E-state index contributed by atoms with van der Waals surface area (Å²) in [6, 6.07) is 6.96. The fourth-order valence-electron chi connectivity index (χ4n) is 2.59. The number of hydrogen-bond donors (Lipinski definition) is 1. The van der Waals surface area contributed by atoms with Crippen molar-refractivity contribution in [1.82, 2.24) is 9.88 Å². The number of ether oxygens (including phenoxy) is 1. The second-order valence-corrected chi connectivity index (χ2v) is 6.55. The summed E-state index contributed by atoms with van der Waals surface area (Å²) in [6.07, 6.45) is 0.610. The number of amides is 2. The molecule has 0 spiro atoms. The van der Waals surface area contributed by atoms with Gasteiger partial charge in [0, 0.05) is 6.54 Å². The number of thiazole rings is 1. The minimum atomic E-state index is -0.525. The van der Waals surface area contributed by atoms with Crippen molar-refractivity contribution >= 4 is 23.2 Å². The van der Waals surface area contributed by atoms with Gasteiger partial charge in [0.15, 0.2) is 0 Å². The molecule has 1 aliphatic heterocycles. The number of rotatable bonds is 4. The maximum atomic E-state index is 12.7. The molecule has 2 aromatic rings. The molecule has 7 heteroatoms. The first-order valence-electron chi connectivity index (χ1n) is 7.23. The van der Waals surface area contributed by atoms with Crippen molar-refractivity contribution in [3.63, 3.8) is 0 Å². The number of carbonyl (C=O) groups excluding carboxylic acids is 2. The maximum absolute atomic E-state index is 12.7. The quantitative estimate of drug-likeness (QED) is 0.926. The molecule has 1 atom stereocenters. The van der Waals surface area contributed by atoms with Crippen molar-refractivity contribution in [3.8, 4) is 16.2 Å². The highest BCUT2D eigenvalue weighted by Gasteiger charge is 2.38. The third-order valence-corrected chi connectivity index (χ3v) is 4.90. The lowest BCUT2D eigenvalue weighted by atomic mass is 10.0. The van der Waals surface area contributed by atoms with E-state index in [1.165, 1.54) is 16.2 Å². The van der Waals surface area contributed by atoms with E-state index in [9.17, 15) is 9.59 Å². The van der Waals surface area contributed by atoms with Crippen LogP contribution < -0.4 is 10.5 Å². The van der Waals surface area contributed by atoms with Crippen LogP contribution in [0.4, 0.5) is 0 Å². The van der Waals surface area contributed by atoms with E-state index in [0.29, 0.717) is 24.4 Å². The SMILES string of the molecule is COc1cccc(-c2sc(C)nc2C(=O)N2CCC2C(N)=O)c1. The minimum Gasteiger partial charge on any atom is -0.497 e. The molecule has 2 amide bonds. The second kappa shape index (κ2) is 6.00. The van der Waals surface area contributed by atoms with Crippen molar-refractivity contribution in [1.29, 1.82) is 0 Å². The molecule has 2 N–H and O–H groups in total. The number of likely N-dealkylation sites (tertiary alicyclic amines) is 1. The van der Waals surface area contributed by atoms with E-state index in [2.05, 4.69) is 4.98 Å². The average Bonchev–Trinajstić information content (AvgIpc) is 2.87. The van der Waals surface area contributed by atoms with E-state index < -0.39 is 11.9 Å². The molecule has 0 aliphatic carbocycles. The Bertz CT molecular complexity index is 772. The van der Waals surface area contributed by atoms with E-state index in [-0.39, 0.29) is 5.91 Å². The Balaban J connectivity index is 1.97. The van der Waals surface area contributed by atoms with Crippen LogP contribution >= 0.6 is 11.3 Å². The van der Waals surface area contributed by atoms with Gasteiger partial charge in [-0.05, 0) is 31.0 Å². The third kappa shape index (κ3) is 2.79. The monoisotopic (exact) mass is 331 g/mol. The number of aromatic nitrogens is 1. The Kier molecular flexibility index (Phi) is 4.04. The molecule has 1 unspecified atom stereocenters. The Hall–Kier alpha value is -2.41. The van der Waals surface area contributed by atoms with Crippen LogP contribution in [0.2, 0.25) is 0 Å². The zero-order valence-electron chi connectivity index (χ0n) is 12.9. The first-order valence-corrected chi connectivity index (χ1v) is 8.05. The van der Waals surface area contributed by atoms with Gasteiger partial charge in [0.05, 0.1) is 17.0 Å². The number of primary amides is 1. The standard InChI is InChI=1S/C16H17N3O3S/c1-9-18-13(16(21)19-7-6-12(19)15(17)20)14(23-9)10-4-3-5-11(8-10)22-2/h3-5,8,12H,6-7H2,1-2H3,(H2,17,20). The molecule has 1 saturated heterocycles. The number of carbonyl (C=O) groups is 2. The number of nitrogens with two attached hydrogens (primary N) is 1. The lowest BCUT2D eigenvalue weighted by Gasteiger charge is -2.38. The number of nitrogens with zero attached hydrogens (tertiary/aromatic N) is 2. The van der Waals surface area contributed by atoms with E-state index in [0.717, 1.165) is 15.4 Å². The summed E-state index contributed by atoms with van der Waals surface area (Å²) in [5.41, 5.74) is 6.57. The number of aryl methyl sites for hydroxylation is 1. The highest BCUT2D eigenvalue weighted by molar-refractivity contribution is 7.15. The molecule has 0 radical (unpaired) electrons. The molecule has 1 aromatic carbocycles. The van der Waals surface area contributed by atoms with Crippen LogP contribution in [-0.4, -0.2) is 41.4 Å². The summed E-state index contributed by atoms with van der Waals surface area (Å²) in [6.45, 7) is 2.38. The molecule has 1 aliphatic rings. The van der Waals surface area contributed by atoms with Gasteiger partial charge in [-0.1, -0.05) is 12.1 Å². The van der Waals surface area contributed by atoms with Gasteiger partial charge in [0.25, 0.3) is 5.91 Å². The van der Waals surface area contributed by atoms with E-state index in [1.807, 2.05) is 31.2 Å². The van der Waals surface area contributed by atoms with E-state index in [4.69, 9.17) is 10.5 Å². The number of methoxy groups -OCH3 is 1. The van der Waals surface area contributed by atoms with Gasteiger partial charge in [0.1, 0.15) is 17.5 Å². The van der Waals surface area contributed by atoms with Crippen molar-refractivity contribution < 1.29 is 14.3 Å². The predicted molar refractivity (Wildman–Crippen MR) is 87.5 cm³/mol. The summed E-state index contributed by atoms with van der Waals surface area (Å²) in [7, 11) is 1.60. The van der Waals surface area contributed by atoms with Crippen molar-refractivity contribution in [2.75, 3.05) is 13.7 Å². The molecule has 1 fully saturated rings. The molecule has 3 rings (SSSR count). The van der Waals surface area contributed by atoms with Gasteiger partial charge >= 0.3 is 0 Å². The molecule has 1 aromatic heterocycles. The Morgan fingerprint density at radius 2 is 2.22 bits per heavy atom. The molecule has 0 bridgehead atoms. The highest BCUT2D eigenvalue weighted by Crippen LogP contribution is 2.34. The van der Waals surface area contributed by atoms with Gasteiger partial charge in [0.2, 0.25) is 5.91 Å². The zero-order chi connectivity index (χ0) is 16.6. The van der Waals surface area contributed by atoms with Gasteiger partial charge in [-0.25, -0.2) is 4.98 Å². The molecule has 6 nitrogen and oxygen atoms in total. The largest absolute Gasteiger partial charge is 0.497 e. The van der Waals surface area contributed by atoms with Gasteiger partial charge in [-0.2, -0.15) is 0 Å². The summed E-state index contributed by atoms with van der Waals surface area (Å²) in [4.78, 5) is 30.7. The van der Waals surface area contributed by atoms with Gasteiger partial charge < -0.3 is 15.4 Å². The van der Waals surface area contributed by atoms with E-state index in [1.54, 1.807) is 7.11 Å². The van der Waals surface area contributed by atoms with Crippen LogP contribution in [0, 0.1) is 6.92 Å². The third-order valence-electron chi connectivity index (χ3n) is 3.88. The average molecular weight is 331 g/mol. The van der Waals surface area contributed by atoms with Crippen LogP contribution in [-0.2, 0) is 4.79 Å². The molecular weight excluding hydrogens is 314 g/mol. The van der Waals surface area contributed by atoms with Crippen LogP contribution in [0.3, 0.4) is 0 Å². The smallest absolute Gasteiger partial charge is 0.274 e. The molecule has 23 heavy (non-hydrogen) atoms. The van der Waals surface area contributed by atoms with Crippen molar-refractivity contribution in [3.05, 3.63) is 35.0 Å². The molecule has 120 valence electrons. The lowest BCUT2D eigenvalue weighted by Crippen LogP contribution is -2.57. The van der Waals surface area contributed by atoms with Crippen molar-refractivity contribution in [2.24, 2.45) is 5.73 Å². The Morgan fingerprint density at radius 1 is 1.43 bits per heavy atom. The first kappa shape index (κ1) is 15.5. The van der Waals surface area contributed by atoms with Gasteiger partial charge in [-0.15, -0.1) is 11.3 Å². The predicted octanol–water partition coefficient (Wildman–Crippen LogP) is 1.83. The van der Waals surface area contributed by atoms with Crippen LogP contribution in [0.1, 0.15) is 21.9 Å². The van der Waals surface area contributed by atoms with Crippen LogP contribution in [0.25, 0.3) is 10.4 Å². The Labute approximate surface area is 137 Å². The lowest BCUT2D eigenvalue weighted by molar-refractivity contribution is -0.125. The first-order chi connectivity index (χ1) is 11.0. The molecule has 2 heterocycles. The highest BCUT2D eigenvalue weighted by atomic mass is 32.1. The number of hydrogen-bond acceptors (Lipinski definition) is 5. The minimum absolute atomic E-state index is 0.248. The summed E-state index contributed by atoms with van der Waals surface area (Å²) < 4.78 is 5.24. The second-order valence-electron chi connectivity index (χ2n) is 5.35. The summed E-state index contributed by atoms with van der Waals surface area (Å²) in [5.74, 6) is -0.00684. The summed E-state index contributed by atoms with van der Waals surface area (Å²) >= 11 is 1.45. The van der Waals surface area contributed by atoms with Crippen LogP contribution in [0.5, 0.6) is 5.75 Å². The fraction of sp³-hybridized carbons (Fsp3) is 0.312. The Morgan fingerprint density at radius 3 is 2.83 bits per heavy atom. The fourth-order valence-corrected chi connectivity index (χ4v) is 3.50. The van der Waals surface area contributed by atoms with Crippen molar-refractivity contribution in [2.45, 2.75) is 19.4 Å². The molecule has 0 saturated carbocycles. The van der Waals surface area contributed by atoms with E-state index >= 15 is 0 Å². The topological polar surface area (TPSA) is 85.5 Å².